The Bertz CT molecular complexity index is 1370. The number of nitrogens with zero attached hydrogens (tertiary/aromatic N) is 2. The number of methoxy groups -OCH3 is 1. The fourth-order valence-electron chi connectivity index (χ4n) is 3.08. The number of amides is 1. The first kappa shape index (κ1) is 20.5. The number of hydrogen-bond acceptors (Lipinski definition) is 5. The van der Waals surface area contributed by atoms with Crippen molar-refractivity contribution in [3.63, 3.8) is 0 Å². The maximum Gasteiger partial charge on any atom is 0.253 e. The number of hydrogen-bond donors (Lipinski definition) is 1. The van der Waals surface area contributed by atoms with Gasteiger partial charge in [-0.05, 0) is 42.0 Å². The van der Waals surface area contributed by atoms with Gasteiger partial charge < -0.3 is 14.5 Å². The van der Waals surface area contributed by atoms with Gasteiger partial charge in [0.15, 0.2) is 0 Å². The third kappa shape index (κ3) is 4.13. The van der Waals surface area contributed by atoms with Crippen LogP contribution in [-0.2, 0) is 16.4 Å². The van der Waals surface area contributed by atoms with Gasteiger partial charge in [0, 0.05) is 31.2 Å². The number of carbonyl (C=O) groups excluding carboxylic acids is 1. The molecule has 1 N–H and O–H groups in total. The second-order valence-corrected chi connectivity index (χ2v) is 8.66. The predicted molar refractivity (Wildman–Crippen MR) is 111 cm³/mol. The molecule has 4 rings (SSSR count). The van der Waals surface area contributed by atoms with Gasteiger partial charge in [-0.15, -0.1) is 0 Å². The van der Waals surface area contributed by atoms with Crippen molar-refractivity contribution in [3.8, 4) is 5.75 Å². The summed E-state index contributed by atoms with van der Waals surface area (Å²) in [5.74, 6) is -0.923. The molecule has 0 aliphatic rings. The second-order valence-electron chi connectivity index (χ2n) is 6.74. The van der Waals surface area contributed by atoms with Gasteiger partial charge in [-0.1, -0.05) is 12.1 Å². The minimum atomic E-state index is -4.03. The summed E-state index contributed by atoms with van der Waals surface area (Å²) in [6.45, 7) is 0.206. The van der Waals surface area contributed by atoms with Gasteiger partial charge in [-0.25, -0.2) is 17.8 Å². The number of benzene rings is 2. The van der Waals surface area contributed by atoms with E-state index in [2.05, 4.69) is 10.3 Å². The normalized spacial score (nSPS) is 11.4. The minimum Gasteiger partial charge on any atom is -0.497 e. The molecule has 2 aromatic carbocycles. The van der Waals surface area contributed by atoms with Gasteiger partial charge in [0.25, 0.3) is 5.91 Å². The molecule has 2 aromatic heterocycles. The molecule has 0 saturated carbocycles. The highest BCUT2D eigenvalue weighted by Crippen LogP contribution is 2.26. The minimum absolute atomic E-state index is 0.0443. The molecule has 4 aromatic rings. The summed E-state index contributed by atoms with van der Waals surface area (Å²) in [5.41, 5.74) is 1.91. The first-order valence-electron chi connectivity index (χ1n) is 9.27. The second kappa shape index (κ2) is 8.19. The zero-order valence-electron chi connectivity index (χ0n) is 16.4. The number of halogens is 1. The van der Waals surface area contributed by atoms with E-state index >= 15 is 0 Å². The van der Waals surface area contributed by atoms with Gasteiger partial charge in [-0.3, -0.25) is 4.79 Å². The van der Waals surface area contributed by atoms with Crippen LogP contribution in [0.25, 0.3) is 5.65 Å². The van der Waals surface area contributed by atoms with E-state index in [-0.39, 0.29) is 23.1 Å². The van der Waals surface area contributed by atoms with Gasteiger partial charge in [-0.2, -0.15) is 0 Å². The third-order valence-corrected chi connectivity index (χ3v) is 6.57. The van der Waals surface area contributed by atoms with E-state index in [0.29, 0.717) is 11.1 Å². The van der Waals surface area contributed by atoms with Crippen molar-refractivity contribution in [1.29, 1.82) is 0 Å². The molecule has 0 aliphatic carbocycles. The number of sulfone groups is 1. The van der Waals surface area contributed by atoms with E-state index in [1.54, 1.807) is 47.3 Å². The van der Waals surface area contributed by atoms with E-state index < -0.39 is 20.5 Å². The molecule has 7 nitrogen and oxygen atoms in total. The molecule has 158 valence electrons. The number of nitrogens with one attached hydrogen (secondary N) is 1. The number of rotatable bonds is 6. The van der Waals surface area contributed by atoms with Crippen LogP contribution in [-0.4, -0.2) is 30.8 Å². The third-order valence-electron chi connectivity index (χ3n) is 4.77. The van der Waals surface area contributed by atoms with E-state index in [0.717, 1.165) is 11.7 Å². The largest absolute Gasteiger partial charge is 0.497 e. The Balaban J connectivity index is 1.47. The Morgan fingerprint density at radius 2 is 1.90 bits per heavy atom. The van der Waals surface area contributed by atoms with Crippen molar-refractivity contribution in [2.75, 3.05) is 7.11 Å². The number of carbonyl (C=O) groups is 1. The first-order chi connectivity index (χ1) is 14.9. The van der Waals surface area contributed by atoms with Crippen LogP contribution in [0.5, 0.6) is 5.75 Å². The van der Waals surface area contributed by atoms with Gasteiger partial charge in [0.2, 0.25) is 9.84 Å². The average Bonchev–Trinajstić information content (AvgIpc) is 3.25. The molecule has 1 amide bonds. The molecule has 0 radical (unpaired) electrons. The molecule has 0 fully saturated rings. The summed E-state index contributed by atoms with van der Waals surface area (Å²) in [7, 11) is -2.66. The lowest BCUT2D eigenvalue weighted by atomic mass is 10.2. The lowest BCUT2D eigenvalue weighted by Gasteiger charge is -2.09. The maximum absolute atomic E-state index is 14.2. The highest BCUT2D eigenvalue weighted by molar-refractivity contribution is 7.91. The van der Waals surface area contributed by atoms with Crippen LogP contribution >= 0.6 is 0 Å². The molecule has 0 aliphatic heterocycles. The van der Waals surface area contributed by atoms with Crippen LogP contribution in [0.2, 0.25) is 0 Å². The van der Waals surface area contributed by atoms with Gasteiger partial charge in [0.05, 0.1) is 17.6 Å². The Labute approximate surface area is 178 Å². The summed E-state index contributed by atoms with van der Waals surface area (Å²) in [6.07, 6.45) is 5.07. The van der Waals surface area contributed by atoms with Crippen LogP contribution in [0.15, 0.2) is 83.0 Å². The predicted octanol–water partition coefficient (Wildman–Crippen LogP) is 3.24. The number of pyridine rings is 1. The number of fused-ring (bicyclic) bond motifs is 1. The lowest BCUT2D eigenvalue weighted by molar-refractivity contribution is 0.0950. The summed E-state index contributed by atoms with van der Waals surface area (Å²) in [5, 5.41) is 2.79. The Hall–Kier alpha value is -3.72. The molecule has 0 saturated heterocycles. The summed E-state index contributed by atoms with van der Waals surface area (Å²) >= 11 is 0. The van der Waals surface area contributed by atoms with Gasteiger partial charge in [0.1, 0.15) is 22.1 Å². The zero-order chi connectivity index (χ0) is 22.0. The van der Waals surface area contributed by atoms with Crippen LogP contribution in [0, 0.1) is 5.82 Å². The quantitative estimate of drug-likeness (QED) is 0.498. The Kier molecular flexibility index (Phi) is 5.43. The smallest absolute Gasteiger partial charge is 0.253 e. The molecule has 31 heavy (non-hydrogen) atoms. The lowest BCUT2D eigenvalue weighted by Crippen LogP contribution is -2.23. The average molecular weight is 439 g/mol. The highest BCUT2D eigenvalue weighted by Gasteiger charge is 2.22. The fourth-order valence-corrected chi connectivity index (χ4v) is 4.39. The van der Waals surface area contributed by atoms with Crippen molar-refractivity contribution < 1.29 is 22.3 Å². The van der Waals surface area contributed by atoms with Crippen molar-refractivity contribution in [2.24, 2.45) is 0 Å². The fraction of sp³-hybridized carbons (Fsp3) is 0.0909. The van der Waals surface area contributed by atoms with Gasteiger partial charge >= 0.3 is 0 Å². The molecule has 9 heteroatoms. The summed E-state index contributed by atoms with van der Waals surface area (Å²) in [6, 6.07) is 12.9. The molecule has 0 spiro atoms. The van der Waals surface area contributed by atoms with Crippen molar-refractivity contribution >= 4 is 21.4 Å². The molecular weight excluding hydrogens is 421 g/mol. The summed E-state index contributed by atoms with van der Waals surface area (Å²) in [4.78, 5) is 16.1. The van der Waals surface area contributed by atoms with E-state index in [1.165, 1.54) is 31.4 Å². The monoisotopic (exact) mass is 439 g/mol. The van der Waals surface area contributed by atoms with Crippen molar-refractivity contribution in [1.82, 2.24) is 14.7 Å². The molecule has 0 bridgehead atoms. The molecule has 0 unspecified atom stereocenters. The molecular formula is C22H18FN3O4S. The first-order valence-corrected chi connectivity index (χ1v) is 10.8. The van der Waals surface area contributed by atoms with Crippen LogP contribution in [0.4, 0.5) is 4.39 Å². The molecule has 0 atom stereocenters. The van der Waals surface area contributed by atoms with E-state index in [4.69, 9.17) is 4.74 Å². The Morgan fingerprint density at radius 1 is 1.13 bits per heavy atom. The van der Waals surface area contributed by atoms with E-state index in [1.807, 2.05) is 0 Å². The summed E-state index contributed by atoms with van der Waals surface area (Å²) < 4.78 is 46.4. The maximum atomic E-state index is 14.2. The van der Waals surface area contributed by atoms with E-state index in [9.17, 15) is 17.6 Å². The van der Waals surface area contributed by atoms with Crippen LogP contribution in [0.1, 0.15) is 15.9 Å². The zero-order valence-corrected chi connectivity index (χ0v) is 17.3. The van der Waals surface area contributed by atoms with Crippen molar-refractivity contribution in [3.05, 3.63) is 90.1 Å². The SMILES string of the molecule is COc1ccc(S(=O)(=O)c2ccc(CNC(=O)c3ccc4nccn4c3)cc2)c(F)c1. The van der Waals surface area contributed by atoms with Crippen molar-refractivity contribution in [2.45, 2.75) is 16.3 Å². The number of aromatic nitrogens is 2. The molecule has 2 heterocycles. The number of imidazole rings is 1. The number of ether oxygens (including phenoxy) is 1. The van der Waals surface area contributed by atoms with Crippen LogP contribution in [0.3, 0.4) is 0 Å². The Morgan fingerprint density at radius 3 is 2.61 bits per heavy atom. The highest BCUT2D eigenvalue weighted by atomic mass is 32.2. The standard InChI is InChI=1S/C22H18FN3O4S/c1-30-17-5-8-20(19(23)12-17)31(28,29)18-6-2-15(3-7-18)13-25-22(27)16-4-9-21-24-10-11-26(21)14-16/h2-12,14H,13H2,1H3,(H,25,27). The van der Waals surface area contributed by atoms with Crippen LogP contribution < -0.4 is 10.1 Å². The topological polar surface area (TPSA) is 89.8 Å².